The fourth-order valence-electron chi connectivity index (χ4n) is 2.39. The minimum absolute atomic E-state index is 0. The van der Waals surface area contributed by atoms with E-state index in [0.29, 0.717) is 11.5 Å². The maximum Gasteiger partial charge on any atom is 0.253 e. The number of piperidine rings is 1. The summed E-state index contributed by atoms with van der Waals surface area (Å²) >= 11 is 0. The average Bonchev–Trinajstić information content (AvgIpc) is 2.34. The molecule has 0 aliphatic carbocycles. The molecule has 1 fully saturated rings. The van der Waals surface area contributed by atoms with E-state index >= 15 is 0 Å². The van der Waals surface area contributed by atoms with Crippen LogP contribution >= 0.6 is 12.4 Å². The summed E-state index contributed by atoms with van der Waals surface area (Å²) in [7, 11) is 0. The summed E-state index contributed by atoms with van der Waals surface area (Å²) in [4.78, 5) is 25.5. The Labute approximate surface area is 118 Å². The van der Waals surface area contributed by atoms with Crippen molar-refractivity contribution in [3.8, 4) is 0 Å². The van der Waals surface area contributed by atoms with Crippen LogP contribution in [0.25, 0.3) is 0 Å². The van der Waals surface area contributed by atoms with E-state index in [9.17, 15) is 9.59 Å². The molecule has 1 amide bonds. The van der Waals surface area contributed by atoms with Crippen molar-refractivity contribution in [3.05, 3.63) is 34.2 Å². The zero-order valence-electron chi connectivity index (χ0n) is 11.1. The molecular weight excluding hydrogens is 266 g/mol. The Balaban J connectivity index is 0.00000180. The van der Waals surface area contributed by atoms with Crippen molar-refractivity contribution in [2.45, 2.75) is 32.4 Å². The van der Waals surface area contributed by atoms with Crippen LogP contribution in [0.4, 0.5) is 0 Å². The highest BCUT2D eigenvalue weighted by Gasteiger charge is 2.28. The van der Waals surface area contributed by atoms with Gasteiger partial charge in [0, 0.05) is 24.3 Å². The van der Waals surface area contributed by atoms with Crippen LogP contribution in [-0.4, -0.2) is 29.5 Å². The van der Waals surface area contributed by atoms with Crippen LogP contribution in [0.2, 0.25) is 0 Å². The third-order valence-corrected chi connectivity index (χ3v) is 3.56. The minimum Gasteiger partial charge on any atom is -0.347 e. The van der Waals surface area contributed by atoms with Crippen LogP contribution < -0.4 is 16.2 Å². The number of H-pyrrole nitrogens is 1. The largest absolute Gasteiger partial charge is 0.347 e. The third-order valence-electron chi connectivity index (χ3n) is 3.56. The van der Waals surface area contributed by atoms with Gasteiger partial charge in [0.1, 0.15) is 0 Å². The van der Waals surface area contributed by atoms with E-state index in [1.54, 1.807) is 6.07 Å². The van der Waals surface area contributed by atoms with Crippen molar-refractivity contribution >= 4 is 18.3 Å². The molecule has 1 aliphatic heterocycles. The summed E-state index contributed by atoms with van der Waals surface area (Å²) in [5.41, 5.74) is 0.284. The van der Waals surface area contributed by atoms with Crippen molar-refractivity contribution in [2.24, 2.45) is 5.92 Å². The van der Waals surface area contributed by atoms with Gasteiger partial charge in [0.25, 0.3) is 5.91 Å². The molecule has 0 spiro atoms. The van der Waals surface area contributed by atoms with E-state index in [1.165, 1.54) is 12.3 Å². The number of pyridine rings is 1. The maximum absolute atomic E-state index is 12.1. The molecule has 1 aromatic rings. The molecule has 106 valence electrons. The second-order valence-electron chi connectivity index (χ2n) is 4.95. The molecule has 0 aromatic carbocycles. The van der Waals surface area contributed by atoms with Gasteiger partial charge in [-0.1, -0.05) is 6.92 Å². The quantitative estimate of drug-likeness (QED) is 0.756. The molecule has 1 aromatic heterocycles. The fraction of sp³-hybridized carbons (Fsp3) is 0.538. The first-order valence-electron chi connectivity index (χ1n) is 6.31. The Bertz CT molecular complexity index is 459. The Morgan fingerprint density at radius 2 is 2.11 bits per heavy atom. The number of amides is 1. The van der Waals surface area contributed by atoms with Crippen LogP contribution in [-0.2, 0) is 0 Å². The van der Waals surface area contributed by atoms with Crippen LogP contribution in [0.3, 0.4) is 0 Å². The predicted molar refractivity (Wildman–Crippen MR) is 76.8 cm³/mol. The highest BCUT2D eigenvalue weighted by atomic mass is 35.5. The van der Waals surface area contributed by atoms with Gasteiger partial charge in [-0.3, -0.25) is 9.59 Å². The predicted octanol–water partition coefficient (Wildman–Crippen LogP) is 0.913. The first-order valence-corrected chi connectivity index (χ1v) is 6.31. The normalized spacial score (nSPS) is 26.3. The molecule has 0 bridgehead atoms. The summed E-state index contributed by atoms with van der Waals surface area (Å²) in [6.45, 7) is 5.22. The van der Waals surface area contributed by atoms with Gasteiger partial charge in [0.15, 0.2) is 0 Å². The summed E-state index contributed by atoms with van der Waals surface area (Å²) in [6.07, 6.45) is 2.50. The third kappa shape index (κ3) is 3.81. The number of aromatic amines is 1. The molecule has 2 rings (SSSR count). The number of halogens is 1. The van der Waals surface area contributed by atoms with Gasteiger partial charge in [0.2, 0.25) is 5.56 Å². The topological polar surface area (TPSA) is 74.0 Å². The van der Waals surface area contributed by atoms with Gasteiger partial charge < -0.3 is 15.6 Å². The second-order valence-corrected chi connectivity index (χ2v) is 4.95. The SMILES string of the molecule is CC1CCNC(C)C1NC(=O)c1ccc(=O)[nH]c1.Cl. The van der Waals surface area contributed by atoms with Gasteiger partial charge in [-0.15, -0.1) is 12.4 Å². The smallest absolute Gasteiger partial charge is 0.253 e. The molecule has 1 aliphatic rings. The Kier molecular flexibility index (Phi) is 5.57. The van der Waals surface area contributed by atoms with Crippen molar-refractivity contribution in [3.63, 3.8) is 0 Å². The van der Waals surface area contributed by atoms with Crippen molar-refractivity contribution in [2.75, 3.05) is 6.54 Å². The van der Waals surface area contributed by atoms with Crippen LogP contribution in [0.5, 0.6) is 0 Å². The van der Waals surface area contributed by atoms with Crippen molar-refractivity contribution in [1.29, 1.82) is 0 Å². The van der Waals surface area contributed by atoms with E-state index in [0.717, 1.165) is 13.0 Å². The number of carbonyl (C=O) groups excluding carboxylic acids is 1. The molecule has 2 heterocycles. The lowest BCUT2D eigenvalue weighted by Crippen LogP contribution is -2.55. The van der Waals surface area contributed by atoms with E-state index in [1.807, 2.05) is 0 Å². The summed E-state index contributed by atoms with van der Waals surface area (Å²) in [5, 5.41) is 6.39. The summed E-state index contributed by atoms with van der Waals surface area (Å²) in [6, 6.07) is 3.29. The molecule has 0 saturated carbocycles. The Hall–Kier alpha value is -1.33. The van der Waals surface area contributed by atoms with Gasteiger partial charge in [-0.05, 0) is 31.9 Å². The molecule has 19 heavy (non-hydrogen) atoms. The summed E-state index contributed by atoms with van der Waals surface area (Å²) in [5.74, 6) is 0.312. The van der Waals surface area contributed by atoms with Crippen LogP contribution in [0.15, 0.2) is 23.1 Å². The number of hydrogen-bond donors (Lipinski definition) is 3. The zero-order valence-corrected chi connectivity index (χ0v) is 11.9. The molecule has 3 atom stereocenters. The lowest BCUT2D eigenvalue weighted by atomic mass is 9.89. The molecule has 0 radical (unpaired) electrons. The Morgan fingerprint density at radius 3 is 2.68 bits per heavy atom. The number of aromatic nitrogens is 1. The van der Waals surface area contributed by atoms with E-state index in [4.69, 9.17) is 0 Å². The number of carbonyl (C=O) groups is 1. The zero-order chi connectivity index (χ0) is 13.1. The first-order chi connectivity index (χ1) is 8.58. The molecule has 5 nitrogen and oxygen atoms in total. The molecule has 3 N–H and O–H groups in total. The minimum atomic E-state index is -0.201. The second kappa shape index (κ2) is 6.73. The van der Waals surface area contributed by atoms with Crippen LogP contribution in [0.1, 0.15) is 30.6 Å². The molecular formula is C13H20ClN3O2. The van der Waals surface area contributed by atoms with Crippen molar-refractivity contribution < 1.29 is 4.79 Å². The molecule has 3 unspecified atom stereocenters. The van der Waals surface area contributed by atoms with Gasteiger partial charge in [0.05, 0.1) is 5.56 Å². The average molecular weight is 286 g/mol. The molecule has 6 heteroatoms. The highest BCUT2D eigenvalue weighted by molar-refractivity contribution is 5.94. The summed E-state index contributed by atoms with van der Waals surface area (Å²) < 4.78 is 0. The lowest BCUT2D eigenvalue weighted by molar-refractivity contribution is 0.0897. The maximum atomic E-state index is 12.1. The first kappa shape index (κ1) is 15.7. The van der Waals surface area contributed by atoms with E-state index in [2.05, 4.69) is 29.5 Å². The molecule has 1 saturated heterocycles. The van der Waals surface area contributed by atoms with E-state index < -0.39 is 0 Å². The van der Waals surface area contributed by atoms with Gasteiger partial charge in [-0.25, -0.2) is 0 Å². The van der Waals surface area contributed by atoms with E-state index in [-0.39, 0.29) is 36.0 Å². The fourth-order valence-corrected chi connectivity index (χ4v) is 2.39. The number of nitrogens with one attached hydrogen (secondary N) is 3. The van der Waals surface area contributed by atoms with Gasteiger partial charge >= 0.3 is 0 Å². The Morgan fingerprint density at radius 1 is 1.37 bits per heavy atom. The highest BCUT2D eigenvalue weighted by Crippen LogP contribution is 2.16. The monoisotopic (exact) mass is 285 g/mol. The van der Waals surface area contributed by atoms with Crippen LogP contribution in [0, 0.1) is 5.92 Å². The standard InChI is InChI=1S/C13H19N3O2.ClH/c1-8-5-6-14-9(2)12(8)16-13(18)10-3-4-11(17)15-7-10;/h3-4,7-9,12,14H,5-6H2,1-2H3,(H,15,17)(H,16,18);1H. The van der Waals surface area contributed by atoms with Gasteiger partial charge in [-0.2, -0.15) is 0 Å². The number of rotatable bonds is 2. The lowest BCUT2D eigenvalue weighted by Gasteiger charge is -2.35. The van der Waals surface area contributed by atoms with Crippen molar-refractivity contribution in [1.82, 2.24) is 15.6 Å². The number of hydrogen-bond acceptors (Lipinski definition) is 3.